The van der Waals surface area contributed by atoms with Crippen molar-refractivity contribution in [2.45, 2.75) is 13.0 Å². The first-order valence-electron chi connectivity index (χ1n) is 8.95. The van der Waals surface area contributed by atoms with E-state index in [1.165, 1.54) is 0 Å². The molecule has 0 spiro atoms. The molecule has 1 saturated heterocycles. The molecular formula is C21H23ClN2O4. The Kier molecular flexibility index (Phi) is 6.09. The van der Waals surface area contributed by atoms with E-state index in [-0.39, 0.29) is 18.2 Å². The smallest absolute Gasteiger partial charge is 0.228 e. The van der Waals surface area contributed by atoms with Crippen LogP contribution in [-0.4, -0.2) is 44.5 Å². The average molecular weight is 403 g/mol. The van der Waals surface area contributed by atoms with Gasteiger partial charge < -0.3 is 19.3 Å². The van der Waals surface area contributed by atoms with E-state index in [1.54, 1.807) is 49.3 Å². The number of benzene rings is 2. The molecule has 1 aliphatic rings. The summed E-state index contributed by atoms with van der Waals surface area (Å²) in [5.41, 5.74) is 1.51. The van der Waals surface area contributed by atoms with Gasteiger partial charge in [0.15, 0.2) is 0 Å². The maximum atomic E-state index is 12.9. The fourth-order valence-electron chi connectivity index (χ4n) is 3.40. The van der Waals surface area contributed by atoms with Gasteiger partial charge >= 0.3 is 0 Å². The SMILES string of the molecule is COc1ccc(CN(C)C(=O)C2CC(=O)N(c3ccccc3Cl)C2)c(OC)c1. The van der Waals surface area contributed by atoms with Gasteiger partial charge in [0.25, 0.3) is 0 Å². The van der Waals surface area contributed by atoms with Crippen LogP contribution in [-0.2, 0) is 16.1 Å². The molecule has 2 aromatic rings. The number of rotatable bonds is 6. The minimum absolute atomic E-state index is 0.0826. The Morgan fingerprint density at radius 3 is 2.64 bits per heavy atom. The third-order valence-corrected chi connectivity index (χ3v) is 5.22. The normalized spacial score (nSPS) is 16.2. The third-order valence-electron chi connectivity index (χ3n) is 4.90. The van der Waals surface area contributed by atoms with Crippen LogP contribution in [0.3, 0.4) is 0 Å². The van der Waals surface area contributed by atoms with Crippen LogP contribution in [0.2, 0.25) is 5.02 Å². The zero-order chi connectivity index (χ0) is 20.3. The zero-order valence-corrected chi connectivity index (χ0v) is 16.9. The summed E-state index contributed by atoms with van der Waals surface area (Å²) >= 11 is 6.21. The van der Waals surface area contributed by atoms with E-state index < -0.39 is 5.92 Å². The molecule has 7 heteroatoms. The van der Waals surface area contributed by atoms with Crippen LogP contribution in [0.4, 0.5) is 5.69 Å². The maximum Gasteiger partial charge on any atom is 0.228 e. The molecule has 0 saturated carbocycles. The highest BCUT2D eigenvalue weighted by Gasteiger charge is 2.37. The molecule has 0 aliphatic carbocycles. The molecule has 0 aromatic heterocycles. The molecule has 1 unspecified atom stereocenters. The number of methoxy groups -OCH3 is 2. The van der Waals surface area contributed by atoms with Gasteiger partial charge in [0.1, 0.15) is 11.5 Å². The summed E-state index contributed by atoms with van der Waals surface area (Å²) in [6.45, 7) is 0.703. The third kappa shape index (κ3) is 4.07. The minimum atomic E-state index is -0.405. The number of anilines is 1. The Hall–Kier alpha value is -2.73. The second-order valence-electron chi connectivity index (χ2n) is 6.73. The van der Waals surface area contributed by atoms with E-state index in [2.05, 4.69) is 0 Å². The van der Waals surface area contributed by atoms with Crippen molar-refractivity contribution in [3.05, 3.63) is 53.1 Å². The number of hydrogen-bond acceptors (Lipinski definition) is 4. The van der Waals surface area contributed by atoms with Gasteiger partial charge in [-0.25, -0.2) is 0 Å². The van der Waals surface area contributed by atoms with Gasteiger partial charge in [0, 0.05) is 38.2 Å². The summed E-state index contributed by atoms with van der Waals surface area (Å²) in [6, 6.07) is 12.6. The van der Waals surface area contributed by atoms with Crippen LogP contribution < -0.4 is 14.4 Å². The van der Waals surface area contributed by atoms with E-state index in [4.69, 9.17) is 21.1 Å². The molecule has 3 rings (SSSR count). The number of hydrogen-bond donors (Lipinski definition) is 0. The highest BCUT2D eigenvalue weighted by molar-refractivity contribution is 6.33. The molecule has 1 heterocycles. The molecule has 0 bridgehead atoms. The average Bonchev–Trinajstić information content (AvgIpc) is 3.09. The van der Waals surface area contributed by atoms with E-state index >= 15 is 0 Å². The Bertz CT molecular complexity index is 886. The molecule has 6 nitrogen and oxygen atoms in total. The lowest BCUT2D eigenvalue weighted by atomic mass is 10.1. The molecule has 1 fully saturated rings. The predicted molar refractivity (Wildman–Crippen MR) is 108 cm³/mol. The van der Waals surface area contributed by atoms with Crippen LogP contribution in [0.15, 0.2) is 42.5 Å². The van der Waals surface area contributed by atoms with E-state index in [9.17, 15) is 9.59 Å². The van der Waals surface area contributed by atoms with Crippen LogP contribution in [0.25, 0.3) is 0 Å². The molecule has 1 aliphatic heterocycles. The van der Waals surface area contributed by atoms with Gasteiger partial charge in [-0.3, -0.25) is 9.59 Å². The maximum absolute atomic E-state index is 12.9. The fourth-order valence-corrected chi connectivity index (χ4v) is 3.64. The van der Waals surface area contributed by atoms with Crippen molar-refractivity contribution in [1.82, 2.24) is 4.90 Å². The number of halogens is 1. The van der Waals surface area contributed by atoms with Crippen LogP contribution in [0.5, 0.6) is 11.5 Å². The van der Waals surface area contributed by atoms with Gasteiger partial charge in [-0.2, -0.15) is 0 Å². The lowest BCUT2D eigenvalue weighted by molar-refractivity contribution is -0.135. The van der Waals surface area contributed by atoms with E-state index in [0.717, 1.165) is 5.56 Å². The Morgan fingerprint density at radius 2 is 1.96 bits per heavy atom. The van der Waals surface area contributed by atoms with Gasteiger partial charge in [0.2, 0.25) is 11.8 Å². The summed E-state index contributed by atoms with van der Waals surface area (Å²) in [4.78, 5) is 28.6. The monoisotopic (exact) mass is 402 g/mol. The second kappa shape index (κ2) is 8.52. The summed E-state index contributed by atoms with van der Waals surface area (Å²) in [7, 11) is 4.90. The van der Waals surface area contributed by atoms with Crippen molar-refractivity contribution < 1.29 is 19.1 Å². The number of ether oxygens (including phenoxy) is 2. The van der Waals surface area contributed by atoms with Gasteiger partial charge in [-0.1, -0.05) is 23.7 Å². The highest BCUT2D eigenvalue weighted by Crippen LogP contribution is 2.32. The zero-order valence-electron chi connectivity index (χ0n) is 16.1. The Balaban J connectivity index is 1.71. The number of nitrogens with zero attached hydrogens (tertiary/aromatic N) is 2. The van der Waals surface area contributed by atoms with Gasteiger partial charge in [0.05, 0.1) is 30.8 Å². The quantitative estimate of drug-likeness (QED) is 0.743. The number of para-hydroxylation sites is 1. The number of carbonyl (C=O) groups excluding carboxylic acids is 2. The van der Waals surface area contributed by atoms with Crippen LogP contribution in [0.1, 0.15) is 12.0 Å². The fraction of sp³-hybridized carbons (Fsp3) is 0.333. The molecule has 2 amide bonds. The largest absolute Gasteiger partial charge is 0.497 e. The molecular weight excluding hydrogens is 380 g/mol. The summed E-state index contributed by atoms with van der Waals surface area (Å²) in [6.07, 6.45) is 0.175. The summed E-state index contributed by atoms with van der Waals surface area (Å²) in [5, 5.41) is 0.500. The van der Waals surface area contributed by atoms with E-state index in [0.29, 0.717) is 35.3 Å². The first-order valence-corrected chi connectivity index (χ1v) is 9.33. The summed E-state index contributed by atoms with van der Waals surface area (Å²) < 4.78 is 10.6. The molecule has 28 heavy (non-hydrogen) atoms. The van der Waals surface area contributed by atoms with Crippen LogP contribution >= 0.6 is 11.6 Å². The van der Waals surface area contributed by atoms with Crippen LogP contribution in [0, 0.1) is 5.92 Å². The lowest BCUT2D eigenvalue weighted by Gasteiger charge is -2.23. The first-order chi connectivity index (χ1) is 13.4. The Morgan fingerprint density at radius 1 is 1.21 bits per heavy atom. The first kappa shape index (κ1) is 20.0. The number of amides is 2. The molecule has 0 radical (unpaired) electrons. The molecule has 1 atom stereocenters. The predicted octanol–water partition coefficient (Wildman–Crippen LogP) is 3.37. The molecule has 2 aromatic carbocycles. The Labute approximate surface area is 169 Å². The van der Waals surface area contributed by atoms with Crippen molar-refractivity contribution >= 4 is 29.1 Å². The second-order valence-corrected chi connectivity index (χ2v) is 7.14. The van der Waals surface area contributed by atoms with E-state index in [1.807, 2.05) is 24.3 Å². The molecule has 148 valence electrons. The van der Waals surface area contributed by atoms with Crippen molar-refractivity contribution in [3.63, 3.8) is 0 Å². The summed E-state index contributed by atoms with van der Waals surface area (Å²) in [5.74, 6) is 0.756. The number of carbonyl (C=O) groups is 2. The topological polar surface area (TPSA) is 59.1 Å². The van der Waals surface area contributed by atoms with Gasteiger partial charge in [-0.05, 0) is 24.3 Å². The molecule has 0 N–H and O–H groups in total. The van der Waals surface area contributed by atoms with Crippen molar-refractivity contribution in [3.8, 4) is 11.5 Å². The van der Waals surface area contributed by atoms with Crippen molar-refractivity contribution in [2.75, 3.05) is 32.7 Å². The highest BCUT2D eigenvalue weighted by atomic mass is 35.5. The van der Waals surface area contributed by atoms with Crippen molar-refractivity contribution in [2.24, 2.45) is 5.92 Å². The van der Waals surface area contributed by atoms with Gasteiger partial charge in [-0.15, -0.1) is 0 Å². The standard InChI is InChI=1S/C21H23ClN2O4/c1-23(12-14-8-9-16(27-2)11-19(14)28-3)21(26)15-10-20(25)24(13-15)18-7-5-4-6-17(18)22/h4-9,11,15H,10,12-13H2,1-3H3. The minimum Gasteiger partial charge on any atom is -0.497 e. The van der Waals surface area contributed by atoms with Crippen molar-refractivity contribution in [1.29, 1.82) is 0 Å². The lowest BCUT2D eigenvalue weighted by Crippen LogP contribution is -2.34.